The molecule has 2 amide bonds. The number of fused-ring (bicyclic) bond motifs is 2. The minimum absolute atomic E-state index is 0.0978. The van der Waals surface area contributed by atoms with Crippen molar-refractivity contribution in [1.82, 2.24) is 0 Å². The maximum Gasteiger partial charge on any atom is 0.416 e. The Kier molecular flexibility index (Phi) is 11.7. The van der Waals surface area contributed by atoms with Crippen molar-refractivity contribution >= 4 is 92.9 Å². The van der Waals surface area contributed by atoms with Crippen LogP contribution < -0.4 is 21.5 Å². The number of rotatable bonds is 8. The van der Waals surface area contributed by atoms with E-state index in [9.17, 15) is 45.5 Å². The summed E-state index contributed by atoms with van der Waals surface area (Å²) in [6, 6.07) is 21.1. The van der Waals surface area contributed by atoms with E-state index in [1.807, 2.05) is 0 Å². The van der Waals surface area contributed by atoms with Gasteiger partial charge in [-0.1, -0.05) is 71.7 Å². The normalized spacial score (nSPS) is 15.1. The molecule has 10 nitrogen and oxygen atoms in total. The molecule has 0 aliphatic heterocycles. The second-order valence-electron chi connectivity index (χ2n) is 13.9. The number of ketones is 2. The molecule has 0 atom stereocenters. The van der Waals surface area contributed by atoms with Crippen LogP contribution in [0, 0.1) is 13.8 Å². The molecule has 18 heteroatoms. The van der Waals surface area contributed by atoms with Crippen molar-refractivity contribution in [1.29, 1.82) is 0 Å². The van der Waals surface area contributed by atoms with Gasteiger partial charge in [0, 0.05) is 22.5 Å². The highest BCUT2D eigenvalue weighted by Crippen LogP contribution is 2.36. The van der Waals surface area contributed by atoms with E-state index in [-0.39, 0.29) is 55.4 Å². The molecule has 0 aromatic heterocycles. The molecule has 5 aromatic carbocycles. The lowest BCUT2D eigenvalue weighted by molar-refractivity contribution is -0.138. The maximum atomic E-state index is 13.8. The summed E-state index contributed by atoms with van der Waals surface area (Å²) in [4.78, 5) is 55.0. The number of aryl methyl sites for hydroxylation is 2. The maximum absolute atomic E-state index is 13.8. The summed E-state index contributed by atoms with van der Waals surface area (Å²) in [6.45, 7) is 3.23. The SMILES string of the molecule is Cc1cc(NC(=O)C2=Cc3ccccc3/C(=N/Nc3cc(C(F)(F)F)ccc3Cl)C2=O)c(C)cc1NC(=O)C1=Cc2ccccc2/C(=N/Nc2cc(C(F)(F)F)ccc2Cl)C1=O. The van der Waals surface area contributed by atoms with Crippen LogP contribution in [0.4, 0.5) is 49.1 Å². The molecule has 62 heavy (non-hydrogen) atoms. The van der Waals surface area contributed by atoms with Gasteiger partial charge in [0.15, 0.2) is 0 Å². The second-order valence-corrected chi connectivity index (χ2v) is 14.7. The zero-order valence-electron chi connectivity index (χ0n) is 31.9. The molecule has 0 saturated carbocycles. The number of halogens is 8. The average molecular weight is 890 g/mol. The number of nitrogens with zero attached hydrogens (tertiary/aromatic N) is 2. The first kappa shape index (κ1) is 43.1. The zero-order valence-corrected chi connectivity index (χ0v) is 33.5. The van der Waals surface area contributed by atoms with E-state index in [1.54, 1.807) is 62.4 Å². The first-order valence-electron chi connectivity index (χ1n) is 18.2. The molecule has 4 N–H and O–H groups in total. The van der Waals surface area contributed by atoms with Crippen LogP contribution in [0.2, 0.25) is 10.0 Å². The fourth-order valence-corrected chi connectivity index (χ4v) is 6.77. The topological polar surface area (TPSA) is 141 Å². The molecular formula is C44H28Cl2F6N6O4. The predicted octanol–water partition coefficient (Wildman–Crippen LogP) is 10.5. The first-order valence-corrected chi connectivity index (χ1v) is 18.9. The molecule has 7 rings (SSSR count). The van der Waals surface area contributed by atoms with Gasteiger partial charge in [0.1, 0.15) is 11.4 Å². The Hall–Kier alpha value is -7.04. The van der Waals surface area contributed by atoms with Gasteiger partial charge in [0.05, 0.1) is 43.7 Å². The summed E-state index contributed by atoms with van der Waals surface area (Å²) >= 11 is 12.2. The molecule has 2 aliphatic rings. The quantitative estimate of drug-likeness (QED) is 0.0695. The van der Waals surface area contributed by atoms with Crippen LogP contribution in [-0.4, -0.2) is 34.8 Å². The number of amides is 2. The Labute approximate surface area is 358 Å². The van der Waals surface area contributed by atoms with Crippen LogP contribution in [0.5, 0.6) is 0 Å². The summed E-state index contributed by atoms with van der Waals surface area (Å²) < 4.78 is 80.3. The molecule has 0 heterocycles. The summed E-state index contributed by atoms with van der Waals surface area (Å²) in [5, 5.41) is 13.4. The number of hydrogen-bond acceptors (Lipinski definition) is 8. The molecule has 314 valence electrons. The van der Waals surface area contributed by atoms with E-state index in [4.69, 9.17) is 23.2 Å². The third kappa shape index (κ3) is 8.87. The number of benzene rings is 5. The van der Waals surface area contributed by atoms with Crippen LogP contribution in [0.1, 0.15) is 44.5 Å². The Bertz CT molecular complexity index is 2670. The largest absolute Gasteiger partial charge is 0.416 e. The molecule has 0 radical (unpaired) electrons. The van der Waals surface area contributed by atoms with Crippen molar-refractivity contribution in [3.63, 3.8) is 0 Å². The molecular weight excluding hydrogens is 861 g/mol. The third-order valence-electron chi connectivity index (χ3n) is 9.67. The number of Topliss-reactive ketones (excluding diaryl/α,β-unsaturated/α-hetero) is 2. The van der Waals surface area contributed by atoms with Gasteiger partial charge in [0.25, 0.3) is 11.8 Å². The Morgan fingerprint density at radius 2 is 0.903 bits per heavy atom. The van der Waals surface area contributed by atoms with Crippen LogP contribution in [0.25, 0.3) is 12.2 Å². The van der Waals surface area contributed by atoms with Crippen molar-refractivity contribution in [3.05, 3.63) is 163 Å². The van der Waals surface area contributed by atoms with Crippen LogP contribution in [0.15, 0.2) is 118 Å². The lowest BCUT2D eigenvalue weighted by Crippen LogP contribution is -2.31. The van der Waals surface area contributed by atoms with Crippen molar-refractivity contribution in [3.8, 4) is 0 Å². The number of carbonyl (C=O) groups is 4. The first-order chi connectivity index (χ1) is 29.3. The second kappa shape index (κ2) is 16.8. The molecule has 2 aliphatic carbocycles. The van der Waals surface area contributed by atoms with E-state index in [0.29, 0.717) is 33.4 Å². The van der Waals surface area contributed by atoms with Gasteiger partial charge in [-0.05, 0) is 96.8 Å². The highest BCUT2D eigenvalue weighted by Gasteiger charge is 2.34. The molecule has 0 fully saturated rings. The lowest BCUT2D eigenvalue weighted by Gasteiger charge is -2.20. The average Bonchev–Trinajstić information content (AvgIpc) is 3.21. The summed E-state index contributed by atoms with van der Waals surface area (Å²) in [5.74, 6) is -3.34. The summed E-state index contributed by atoms with van der Waals surface area (Å²) in [7, 11) is 0. The standard InChI is InChI=1S/C44H28Cl2F6N6O4/c1-21-15-34(54-42(62)30-18-24-8-4-6-10-28(24)38(40(30)60)58-56-36-20-26(44(50,51)52)12-14-32(36)46)22(2)16-33(21)53-41(61)29-17-23-7-3-5-9-27(23)37(39(29)59)57-55-35-19-25(43(47,48)49)11-13-31(35)45/h3-20,55-56H,1-2H3,(H,53,61)(H,54,62)/b57-37-,58-38-. The van der Waals surface area contributed by atoms with Crippen molar-refractivity contribution in [2.24, 2.45) is 10.2 Å². The van der Waals surface area contributed by atoms with E-state index in [1.165, 1.54) is 24.3 Å². The minimum atomic E-state index is -4.68. The Morgan fingerprint density at radius 3 is 1.27 bits per heavy atom. The van der Waals surface area contributed by atoms with Crippen molar-refractivity contribution in [2.75, 3.05) is 21.5 Å². The molecule has 0 spiro atoms. The Balaban J connectivity index is 1.11. The predicted molar refractivity (Wildman–Crippen MR) is 225 cm³/mol. The van der Waals surface area contributed by atoms with Gasteiger partial charge in [-0.3, -0.25) is 30.0 Å². The number of alkyl halides is 6. The number of hydrazone groups is 2. The van der Waals surface area contributed by atoms with Crippen LogP contribution in [-0.2, 0) is 31.5 Å². The zero-order chi connectivity index (χ0) is 44.7. The number of hydrogen-bond donors (Lipinski definition) is 4. The molecule has 0 saturated heterocycles. The van der Waals surface area contributed by atoms with E-state index in [0.717, 1.165) is 36.4 Å². The van der Waals surface area contributed by atoms with E-state index >= 15 is 0 Å². The van der Waals surface area contributed by atoms with Gasteiger partial charge >= 0.3 is 12.4 Å². The third-order valence-corrected chi connectivity index (χ3v) is 10.3. The number of anilines is 4. The fraction of sp³-hybridized carbons (Fsp3) is 0.0909. The lowest BCUT2D eigenvalue weighted by atomic mass is 9.89. The van der Waals surface area contributed by atoms with Crippen molar-refractivity contribution in [2.45, 2.75) is 26.2 Å². The van der Waals surface area contributed by atoms with Crippen LogP contribution in [0.3, 0.4) is 0 Å². The van der Waals surface area contributed by atoms with Crippen molar-refractivity contribution < 1.29 is 45.5 Å². The molecule has 0 unspecified atom stereocenters. The van der Waals surface area contributed by atoms with Crippen LogP contribution >= 0.6 is 23.2 Å². The highest BCUT2D eigenvalue weighted by molar-refractivity contribution is 6.60. The van der Waals surface area contributed by atoms with E-state index in [2.05, 4.69) is 31.7 Å². The molecule has 0 bridgehead atoms. The number of carbonyl (C=O) groups excluding carboxylic acids is 4. The fourth-order valence-electron chi connectivity index (χ4n) is 6.45. The minimum Gasteiger partial charge on any atom is -0.322 e. The smallest absolute Gasteiger partial charge is 0.322 e. The van der Waals surface area contributed by atoms with Gasteiger partial charge in [-0.25, -0.2) is 0 Å². The summed E-state index contributed by atoms with van der Waals surface area (Å²) in [5.41, 5.74) is 4.06. The van der Waals surface area contributed by atoms with Gasteiger partial charge in [-0.2, -0.15) is 36.5 Å². The molecule has 5 aromatic rings. The van der Waals surface area contributed by atoms with Gasteiger partial charge in [-0.15, -0.1) is 0 Å². The van der Waals surface area contributed by atoms with Gasteiger partial charge < -0.3 is 10.6 Å². The summed E-state index contributed by atoms with van der Waals surface area (Å²) in [6.07, 6.45) is -6.64. The monoisotopic (exact) mass is 888 g/mol. The Morgan fingerprint density at radius 1 is 0.532 bits per heavy atom. The highest BCUT2D eigenvalue weighted by atomic mass is 35.5. The number of nitrogens with one attached hydrogen (secondary N) is 4. The van der Waals surface area contributed by atoms with Gasteiger partial charge in [0.2, 0.25) is 11.6 Å². The van der Waals surface area contributed by atoms with E-state index < -0.39 is 46.9 Å².